The zero-order valence-electron chi connectivity index (χ0n) is 19.7. The lowest BCUT2D eigenvalue weighted by atomic mass is 10.1. The van der Waals surface area contributed by atoms with Crippen molar-refractivity contribution >= 4 is 55.0 Å². The van der Waals surface area contributed by atoms with E-state index in [9.17, 15) is 4.79 Å². The van der Waals surface area contributed by atoms with Crippen molar-refractivity contribution in [1.29, 1.82) is 0 Å². The highest BCUT2D eigenvalue weighted by Gasteiger charge is 2.21. The van der Waals surface area contributed by atoms with Crippen molar-refractivity contribution in [2.45, 2.75) is 20.0 Å². The lowest BCUT2D eigenvalue weighted by Crippen LogP contribution is -2.20. The van der Waals surface area contributed by atoms with Gasteiger partial charge in [0.2, 0.25) is 0 Å². The average molecular weight is 471 g/mol. The second-order valence-corrected chi connectivity index (χ2v) is 8.87. The molecule has 7 aromatic rings. The number of hydrogen-bond acceptors (Lipinski definition) is 4. The molecule has 3 aromatic carbocycles. The fraction of sp³-hybridized carbons (Fsp3) is 0.103. The van der Waals surface area contributed by atoms with E-state index in [4.69, 9.17) is 15.0 Å². The number of para-hydroxylation sites is 3. The molecular weight excluding hydrogens is 448 g/mol. The van der Waals surface area contributed by atoms with Crippen LogP contribution in [0.3, 0.4) is 0 Å². The van der Waals surface area contributed by atoms with Gasteiger partial charge < -0.3 is 4.57 Å². The molecule has 0 saturated carbocycles. The molecule has 7 nitrogen and oxygen atoms in total. The van der Waals surface area contributed by atoms with Gasteiger partial charge in [0, 0.05) is 40.6 Å². The third kappa shape index (κ3) is 2.74. The minimum atomic E-state index is -0.156. The van der Waals surface area contributed by atoms with Crippen LogP contribution < -0.4 is 5.56 Å². The minimum absolute atomic E-state index is 0.156. The van der Waals surface area contributed by atoms with Crippen molar-refractivity contribution in [2.75, 3.05) is 0 Å². The van der Waals surface area contributed by atoms with E-state index >= 15 is 0 Å². The van der Waals surface area contributed by atoms with Crippen LogP contribution in [0.4, 0.5) is 0 Å². The highest BCUT2D eigenvalue weighted by molar-refractivity contribution is 6.10. The zero-order chi connectivity index (χ0) is 24.4. The normalized spacial score (nSPS) is 11.9. The van der Waals surface area contributed by atoms with Gasteiger partial charge in [-0.25, -0.2) is 15.0 Å². The Morgan fingerprint density at radius 3 is 2.44 bits per heavy atom. The summed E-state index contributed by atoms with van der Waals surface area (Å²) >= 11 is 0. The summed E-state index contributed by atoms with van der Waals surface area (Å²) in [6.45, 7) is 7.18. The van der Waals surface area contributed by atoms with Crippen molar-refractivity contribution in [3.63, 3.8) is 0 Å². The molecule has 7 rings (SSSR count). The molecule has 7 heteroatoms. The van der Waals surface area contributed by atoms with Crippen molar-refractivity contribution in [1.82, 2.24) is 28.7 Å². The number of nitrogens with zero attached hydrogens (tertiary/aromatic N) is 6. The van der Waals surface area contributed by atoms with Crippen molar-refractivity contribution in [3.8, 4) is 5.69 Å². The van der Waals surface area contributed by atoms with E-state index in [1.54, 1.807) is 17.0 Å². The molecule has 0 aliphatic carbocycles. The third-order valence-corrected chi connectivity index (χ3v) is 6.89. The third-order valence-electron chi connectivity index (χ3n) is 6.89. The van der Waals surface area contributed by atoms with Crippen LogP contribution in [0.2, 0.25) is 0 Å². The summed E-state index contributed by atoms with van der Waals surface area (Å²) in [5.41, 5.74) is 6.32. The first-order valence-corrected chi connectivity index (χ1v) is 12.0. The van der Waals surface area contributed by atoms with Crippen molar-refractivity contribution in [3.05, 3.63) is 96.1 Å². The SMILES string of the molecule is C=CCn1cnc2c(c1=O)c1nc3ccccc3nc1n2-c1ccc2c(c1)c1ccccc1n2CC. The average Bonchev–Trinajstić information content (AvgIpc) is 3.41. The topological polar surface area (TPSA) is 70.5 Å². The monoisotopic (exact) mass is 470 g/mol. The Hall–Kier alpha value is -4.78. The second-order valence-electron chi connectivity index (χ2n) is 8.87. The molecule has 174 valence electrons. The lowest BCUT2D eigenvalue weighted by molar-refractivity contribution is 0.766. The van der Waals surface area contributed by atoms with Crippen LogP contribution in [0.25, 0.3) is 60.7 Å². The first kappa shape index (κ1) is 20.6. The number of rotatable bonds is 4. The molecule has 0 aliphatic heterocycles. The number of allylic oxidation sites excluding steroid dienone is 1. The van der Waals surface area contributed by atoms with Gasteiger partial charge in [0.1, 0.15) is 17.2 Å². The first-order chi connectivity index (χ1) is 17.7. The Kier molecular flexibility index (Phi) is 4.35. The Morgan fingerprint density at radius 1 is 0.889 bits per heavy atom. The molecule has 0 radical (unpaired) electrons. The van der Waals surface area contributed by atoms with Crippen LogP contribution in [0.5, 0.6) is 0 Å². The number of fused-ring (bicyclic) bond motifs is 7. The smallest absolute Gasteiger partial charge is 0.265 e. The molecule has 0 spiro atoms. The van der Waals surface area contributed by atoms with Gasteiger partial charge in [0.25, 0.3) is 5.56 Å². The molecule has 0 N–H and O–H groups in total. The summed E-state index contributed by atoms with van der Waals surface area (Å²) in [6.07, 6.45) is 3.26. The van der Waals surface area contributed by atoms with Gasteiger partial charge in [-0.15, -0.1) is 6.58 Å². The van der Waals surface area contributed by atoms with Crippen LogP contribution in [-0.4, -0.2) is 28.7 Å². The summed E-state index contributed by atoms with van der Waals surface area (Å²) in [5, 5.41) is 2.80. The summed E-state index contributed by atoms with van der Waals surface area (Å²) in [6, 6.07) is 22.5. The molecule has 0 unspecified atom stereocenters. The molecule has 4 aromatic heterocycles. The molecular formula is C29H22N6O. The van der Waals surface area contributed by atoms with E-state index in [-0.39, 0.29) is 5.56 Å². The van der Waals surface area contributed by atoms with E-state index in [0.717, 1.165) is 28.7 Å². The Balaban J connectivity index is 1.63. The lowest BCUT2D eigenvalue weighted by Gasteiger charge is -2.08. The fourth-order valence-electron chi connectivity index (χ4n) is 5.31. The maximum absolute atomic E-state index is 13.5. The minimum Gasteiger partial charge on any atom is -0.341 e. The van der Waals surface area contributed by atoms with E-state index in [1.165, 1.54) is 16.4 Å². The molecule has 4 heterocycles. The largest absolute Gasteiger partial charge is 0.341 e. The number of aryl methyl sites for hydroxylation is 1. The standard InChI is InChI=1S/C29H22N6O/c1-3-15-33-17-30-27-25(29(33)36)26-28(32-22-11-7-6-10-21(22)31-26)35(27)18-13-14-24-20(16-18)19-9-5-8-12-23(19)34(24)4-2/h3,5-14,16-17H,1,4,15H2,2H3. The van der Waals surface area contributed by atoms with Crippen LogP contribution >= 0.6 is 0 Å². The van der Waals surface area contributed by atoms with Gasteiger partial charge >= 0.3 is 0 Å². The predicted molar refractivity (Wildman–Crippen MR) is 145 cm³/mol. The Bertz CT molecular complexity index is 2060. The van der Waals surface area contributed by atoms with Gasteiger partial charge in [-0.1, -0.05) is 36.4 Å². The van der Waals surface area contributed by atoms with E-state index in [0.29, 0.717) is 28.7 Å². The van der Waals surface area contributed by atoms with Gasteiger partial charge in [0.05, 0.1) is 11.0 Å². The maximum Gasteiger partial charge on any atom is 0.265 e. The van der Waals surface area contributed by atoms with Crippen LogP contribution in [-0.2, 0) is 13.1 Å². The molecule has 0 saturated heterocycles. The number of benzene rings is 3. The quantitative estimate of drug-likeness (QED) is 0.314. The summed E-state index contributed by atoms with van der Waals surface area (Å²) < 4.78 is 5.83. The van der Waals surface area contributed by atoms with Gasteiger partial charge in [-0.3, -0.25) is 13.9 Å². The summed E-state index contributed by atoms with van der Waals surface area (Å²) in [5.74, 6) is 0. The van der Waals surface area contributed by atoms with Gasteiger partial charge in [0.15, 0.2) is 11.3 Å². The molecule has 0 fully saturated rings. The Labute approximate surface area is 205 Å². The molecule has 0 bridgehead atoms. The summed E-state index contributed by atoms with van der Waals surface area (Å²) in [4.78, 5) is 28.1. The van der Waals surface area contributed by atoms with Gasteiger partial charge in [-0.2, -0.15) is 0 Å². The Morgan fingerprint density at radius 2 is 1.64 bits per heavy atom. The molecule has 0 amide bonds. The van der Waals surface area contributed by atoms with Gasteiger partial charge in [-0.05, 0) is 43.3 Å². The fourth-order valence-corrected chi connectivity index (χ4v) is 5.31. The molecule has 0 aliphatic rings. The van der Waals surface area contributed by atoms with E-state index in [2.05, 4.69) is 60.5 Å². The van der Waals surface area contributed by atoms with E-state index in [1.807, 2.05) is 28.8 Å². The first-order valence-electron chi connectivity index (χ1n) is 12.0. The van der Waals surface area contributed by atoms with Crippen LogP contribution in [0.15, 0.2) is 90.5 Å². The summed E-state index contributed by atoms with van der Waals surface area (Å²) in [7, 11) is 0. The zero-order valence-corrected chi connectivity index (χ0v) is 19.7. The van der Waals surface area contributed by atoms with Crippen LogP contribution in [0, 0.1) is 0 Å². The van der Waals surface area contributed by atoms with E-state index < -0.39 is 0 Å². The highest BCUT2D eigenvalue weighted by Crippen LogP contribution is 2.33. The molecule has 36 heavy (non-hydrogen) atoms. The second kappa shape index (κ2) is 7.61. The number of aromatic nitrogens is 6. The highest BCUT2D eigenvalue weighted by atomic mass is 16.1. The van der Waals surface area contributed by atoms with Crippen LogP contribution in [0.1, 0.15) is 6.92 Å². The maximum atomic E-state index is 13.5. The van der Waals surface area contributed by atoms with Crippen molar-refractivity contribution < 1.29 is 0 Å². The molecule has 0 atom stereocenters. The van der Waals surface area contributed by atoms with Crippen molar-refractivity contribution in [2.24, 2.45) is 0 Å². The predicted octanol–water partition coefficient (Wildman–Crippen LogP) is 5.60. The number of hydrogen-bond donors (Lipinski definition) is 0.